The van der Waals surface area contributed by atoms with Crippen LogP contribution in [0.1, 0.15) is 0 Å². The number of likely N-dealkylation sites (tertiary alicyclic amines) is 1. The standard InChI is InChI=1S/C5H10N2O3/c6-4(9)7-1-5(10,2-7)3-8/h8,10H,1-3H2,(H2,6,9). The third kappa shape index (κ3) is 1.05. The molecule has 0 unspecified atom stereocenters. The highest BCUT2D eigenvalue weighted by atomic mass is 16.3. The zero-order valence-electron chi connectivity index (χ0n) is 5.45. The normalized spacial score (nSPS) is 22.0. The van der Waals surface area contributed by atoms with Crippen LogP contribution in [0.15, 0.2) is 0 Å². The minimum absolute atomic E-state index is 0.138. The van der Waals surface area contributed by atoms with E-state index in [4.69, 9.17) is 15.9 Å². The Balaban J connectivity index is 2.36. The van der Waals surface area contributed by atoms with Crippen molar-refractivity contribution >= 4 is 6.03 Å². The number of hydrogen-bond donors (Lipinski definition) is 3. The van der Waals surface area contributed by atoms with Crippen molar-refractivity contribution in [1.82, 2.24) is 4.90 Å². The second-order valence-electron chi connectivity index (χ2n) is 2.58. The Kier molecular flexibility index (Phi) is 1.53. The molecule has 0 saturated carbocycles. The quantitative estimate of drug-likeness (QED) is 0.404. The Bertz CT molecular complexity index is 153. The molecule has 0 aromatic carbocycles. The monoisotopic (exact) mass is 146 g/mol. The number of carbonyl (C=O) groups is 1. The third-order valence-electron chi connectivity index (χ3n) is 1.58. The number of aliphatic hydroxyl groups excluding tert-OH is 1. The van der Waals surface area contributed by atoms with Crippen molar-refractivity contribution in [2.75, 3.05) is 19.7 Å². The van der Waals surface area contributed by atoms with Gasteiger partial charge in [0.15, 0.2) is 0 Å². The van der Waals surface area contributed by atoms with Crippen molar-refractivity contribution in [3.8, 4) is 0 Å². The molecular formula is C5H10N2O3. The van der Waals surface area contributed by atoms with Crippen LogP contribution in [0.2, 0.25) is 0 Å². The minimum Gasteiger partial charge on any atom is -0.393 e. The van der Waals surface area contributed by atoms with Gasteiger partial charge in [-0.2, -0.15) is 0 Å². The number of amides is 2. The van der Waals surface area contributed by atoms with Gasteiger partial charge in [-0.15, -0.1) is 0 Å². The smallest absolute Gasteiger partial charge is 0.314 e. The highest BCUT2D eigenvalue weighted by Gasteiger charge is 2.42. The Morgan fingerprint density at radius 2 is 2.20 bits per heavy atom. The fourth-order valence-corrected chi connectivity index (χ4v) is 0.920. The van der Waals surface area contributed by atoms with Crippen LogP contribution >= 0.6 is 0 Å². The first kappa shape index (κ1) is 7.30. The number of primary amides is 1. The number of β-amino-alcohol motifs (C(OH)–C–C–N with tert-alkyl or cyclic N) is 1. The van der Waals surface area contributed by atoms with Gasteiger partial charge in [0.2, 0.25) is 0 Å². The Hall–Kier alpha value is -0.810. The van der Waals surface area contributed by atoms with Crippen LogP contribution in [-0.4, -0.2) is 46.4 Å². The lowest BCUT2D eigenvalue weighted by Crippen LogP contribution is -2.66. The van der Waals surface area contributed by atoms with E-state index < -0.39 is 11.6 Å². The van der Waals surface area contributed by atoms with Gasteiger partial charge in [-0.3, -0.25) is 0 Å². The maximum absolute atomic E-state index is 10.3. The molecule has 0 atom stereocenters. The second kappa shape index (κ2) is 2.10. The molecule has 10 heavy (non-hydrogen) atoms. The van der Waals surface area contributed by atoms with E-state index in [0.29, 0.717) is 0 Å². The number of carbonyl (C=O) groups excluding carboxylic acids is 1. The van der Waals surface area contributed by atoms with Crippen molar-refractivity contribution < 1.29 is 15.0 Å². The van der Waals surface area contributed by atoms with E-state index in [1.807, 2.05) is 0 Å². The van der Waals surface area contributed by atoms with Gasteiger partial charge >= 0.3 is 6.03 Å². The summed E-state index contributed by atoms with van der Waals surface area (Å²) in [6.45, 7) is -0.0472. The Morgan fingerprint density at radius 1 is 1.70 bits per heavy atom. The SMILES string of the molecule is NC(=O)N1CC(O)(CO)C1. The zero-order chi connectivity index (χ0) is 7.78. The van der Waals surface area contributed by atoms with E-state index in [9.17, 15) is 4.79 Å². The molecule has 4 N–H and O–H groups in total. The highest BCUT2D eigenvalue weighted by Crippen LogP contribution is 2.18. The molecule has 0 bridgehead atoms. The first-order chi connectivity index (χ1) is 4.57. The molecule has 0 aromatic rings. The number of nitrogens with zero attached hydrogens (tertiary/aromatic N) is 1. The average molecular weight is 146 g/mol. The molecule has 0 aromatic heterocycles. The van der Waals surface area contributed by atoms with Gasteiger partial charge in [0.1, 0.15) is 5.60 Å². The van der Waals surface area contributed by atoms with Gasteiger partial charge in [0.25, 0.3) is 0 Å². The molecule has 5 nitrogen and oxygen atoms in total. The van der Waals surface area contributed by atoms with Crippen molar-refractivity contribution in [3.63, 3.8) is 0 Å². The molecule has 2 amide bonds. The summed E-state index contributed by atoms with van der Waals surface area (Å²) in [4.78, 5) is 11.6. The molecule has 5 heteroatoms. The van der Waals surface area contributed by atoms with Crippen LogP contribution in [0.5, 0.6) is 0 Å². The van der Waals surface area contributed by atoms with Crippen LogP contribution in [0, 0.1) is 0 Å². The number of rotatable bonds is 1. The van der Waals surface area contributed by atoms with E-state index in [1.165, 1.54) is 4.90 Å². The summed E-state index contributed by atoms with van der Waals surface area (Å²) in [6, 6.07) is -0.557. The predicted octanol–water partition coefficient (Wildman–Crippen LogP) is -1.90. The van der Waals surface area contributed by atoms with E-state index in [1.54, 1.807) is 0 Å². The summed E-state index contributed by atoms with van der Waals surface area (Å²) in [5, 5.41) is 17.7. The van der Waals surface area contributed by atoms with E-state index in [0.717, 1.165) is 0 Å². The Labute approximate surface area is 58.0 Å². The summed E-state index contributed by atoms with van der Waals surface area (Å²) in [5.41, 5.74) is 3.77. The molecule has 0 radical (unpaired) electrons. The molecule has 1 aliphatic heterocycles. The lowest BCUT2D eigenvalue weighted by atomic mass is 9.96. The average Bonchev–Trinajstić information content (AvgIpc) is 1.80. The number of hydrogen-bond acceptors (Lipinski definition) is 3. The van der Waals surface area contributed by atoms with Crippen molar-refractivity contribution in [2.45, 2.75) is 5.60 Å². The largest absolute Gasteiger partial charge is 0.393 e. The van der Waals surface area contributed by atoms with Gasteiger partial charge in [0, 0.05) is 0 Å². The summed E-state index contributed by atoms with van der Waals surface area (Å²) >= 11 is 0. The van der Waals surface area contributed by atoms with Crippen molar-refractivity contribution in [2.24, 2.45) is 5.73 Å². The topological polar surface area (TPSA) is 86.8 Å². The maximum Gasteiger partial charge on any atom is 0.314 e. The fraction of sp³-hybridized carbons (Fsp3) is 0.800. The van der Waals surface area contributed by atoms with Gasteiger partial charge in [-0.1, -0.05) is 0 Å². The molecule has 58 valence electrons. The van der Waals surface area contributed by atoms with Crippen LogP contribution in [0.3, 0.4) is 0 Å². The summed E-state index contributed by atoms with van der Waals surface area (Å²) < 4.78 is 0. The summed E-state index contributed by atoms with van der Waals surface area (Å²) in [5.74, 6) is 0. The molecule has 1 heterocycles. The second-order valence-corrected chi connectivity index (χ2v) is 2.58. The van der Waals surface area contributed by atoms with Crippen molar-refractivity contribution in [3.05, 3.63) is 0 Å². The lowest BCUT2D eigenvalue weighted by Gasteiger charge is -2.44. The maximum atomic E-state index is 10.3. The van der Waals surface area contributed by atoms with E-state index >= 15 is 0 Å². The molecule has 1 saturated heterocycles. The number of aliphatic hydroxyl groups is 2. The number of urea groups is 1. The molecule has 1 aliphatic rings. The third-order valence-corrected chi connectivity index (χ3v) is 1.58. The highest BCUT2D eigenvalue weighted by molar-refractivity contribution is 5.73. The fourth-order valence-electron chi connectivity index (χ4n) is 0.920. The van der Waals surface area contributed by atoms with Gasteiger partial charge in [0.05, 0.1) is 19.7 Å². The summed E-state index contributed by atoms with van der Waals surface area (Å²) in [6.07, 6.45) is 0. The van der Waals surface area contributed by atoms with E-state index in [-0.39, 0.29) is 19.7 Å². The van der Waals surface area contributed by atoms with Gasteiger partial charge < -0.3 is 20.8 Å². The predicted molar refractivity (Wildman–Crippen MR) is 33.2 cm³/mol. The first-order valence-corrected chi connectivity index (χ1v) is 2.95. The molecule has 0 spiro atoms. The van der Waals surface area contributed by atoms with Crippen LogP contribution < -0.4 is 5.73 Å². The molecular weight excluding hydrogens is 136 g/mol. The van der Waals surface area contributed by atoms with Crippen molar-refractivity contribution in [1.29, 1.82) is 0 Å². The minimum atomic E-state index is -1.10. The Morgan fingerprint density at radius 3 is 2.50 bits per heavy atom. The zero-order valence-corrected chi connectivity index (χ0v) is 5.45. The number of nitrogens with two attached hydrogens (primary N) is 1. The first-order valence-electron chi connectivity index (χ1n) is 2.95. The molecule has 0 aliphatic carbocycles. The van der Waals surface area contributed by atoms with Gasteiger partial charge in [-0.25, -0.2) is 4.79 Å². The van der Waals surface area contributed by atoms with Gasteiger partial charge in [-0.05, 0) is 0 Å². The molecule has 1 fully saturated rings. The van der Waals surface area contributed by atoms with Crippen LogP contribution in [-0.2, 0) is 0 Å². The van der Waals surface area contributed by atoms with Crippen LogP contribution in [0.25, 0.3) is 0 Å². The van der Waals surface area contributed by atoms with E-state index in [2.05, 4.69) is 0 Å². The summed E-state index contributed by atoms with van der Waals surface area (Å²) in [7, 11) is 0. The molecule has 1 rings (SSSR count). The van der Waals surface area contributed by atoms with Crippen LogP contribution in [0.4, 0.5) is 4.79 Å². The lowest BCUT2D eigenvalue weighted by molar-refractivity contribution is -0.105.